The Morgan fingerprint density at radius 1 is 1.08 bits per heavy atom. The van der Waals surface area contributed by atoms with Crippen molar-refractivity contribution in [1.29, 1.82) is 0 Å². The Labute approximate surface area is 154 Å². The van der Waals surface area contributed by atoms with Crippen LogP contribution < -0.4 is 4.74 Å². The van der Waals surface area contributed by atoms with Gasteiger partial charge in [0.25, 0.3) is 5.19 Å². The molecule has 0 aliphatic carbocycles. The first kappa shape index (κ1) is 16.2. The van der Waals surface area contributed by atoms with Crippen LogP contribution >= 0.6 is 11.3 Å². The normalized spacial score (nSPS) is 10.7. The van der Waals surface area contributed by atoms with E-state index in [1.54, 1.807) is 24.7 Å². The van der Waals surface area contributed by atoms with Gasteiger partial charge in [-0.05, 0) is 31.2 Å². The number of ether oxygens (including phenoxy) is 1. The molecule has 26 heavy (non-hydrogen) atoms. The smallest absolute Gasteiger partial charge is 0.345 e. The highest BCUT2D eigenvalue weighted by Gasteiger charge is 2.12. The van der Waals surface area contributed by atoms with Crippen molar-refractivity contribution >= 4 is 17.3 Å². The minimum absolute atomic E-state index is 0.337. The summed E-state index contributed by atoms with van der Waals surface area (Å²) < 4.78 is 7.31. The number of hydrogen-bond acceptors (Lipinski definition) is 5. The van der Waals surface area contributed by atoms with Crippen molar-refractivity contribution in [1.82, 2.24) is 14.5 Å². The molecule has 128 valence electrons. The molecule has 0 saturated carbocycles. The number of hydrogen-bond donors (Lipinski definition) is 0. The predicted octanol–water partition coefficient (Wildman–Crippen LogP) is 4.52. The molecule has 2 heterocycles. The van der Waals surface area contributed by atoms with Crippen molar-refractivity contribution in [2.75, 3.05) is 0 Å². The number of benzene rings is 2. The molecule has 4 aromatic rings. The number of aromatic nitrogens is 3. The van der Waals surface area contributed by atoms with E-state index < -0.39 is 5.97 Å². The summed E-state index contributed by atoms with van der Waals surface area (Å²) in [6.45, 7) is 1.97. The second-order valence-electron chi connectivity index (χ2n) is 5.77. The van der Waals surface area contributed by atoms with Gasteiger partial charge in [0.15, 0.2) is 0 Å². The van der Waals surface area contributed by atoms with Crippen LogP contribution in [0.2, 0.25) is 0 Å². The average Bonchev–Trinajstić information content (AvgIpc) is 3.34. The van der Waals surface area contributed by atoms with Crippen molar-refractivity contribution in [3.8, 4) is 22.1 Å². The molecule has 0 aliphatic heterocycles. The summed E-state index contributed by atoms with van der Waals surface area (Å²) in [5.74, 6) is -0.402. The highest BCUT2D eigenvalue weighted by molar-refractivity contribution is 7.11. The molecule has 0 N–H and O–H groups in total. The standard InChI is InChI=1S/C20H15N3O2S/c1-14-2-4-16(5-3-14)19(24)25-20-22-18(12-26-20)15-6-8-17(9-7-15)23-11-10-21-13-23/h2-13H,1H3. The molecule has 4 rings (SSSR count). The minimum atomic E-state index is -0.402. The summed E-state index contributed by atoms with van der Waals surface area (Å²) in [4.78, 5) is 20.6. The second kappa shape index (κ2) is 6.93. The molecule has 0 atom stereocenters. The van der Waals surface area contributed by atoms with Crippen LogP contribution in [0.25, 0.3) is 16.9 Å². The van der Waals surface area contributed by atoms with Crippen LogP contribution in [0.1, 0.15) is 15.9 Å². The molecule has 6 heteroatoms. The van der Waals surface area contributed by atoms with Crippen LogP contribution in [0.5, 0.6) is 5.19 Å². The largest absolute Gasteiger partial charge is 0.394 e. The summed E-state index contributed by atoms with van der Waals surface area (Å²) in [6.07, 6.45) is 5.38. The molecule has 0 amide bonds. The highest BCUT2D eigenvalue weighted by Crippen LogP contribution is 2.27. The van der Waals surface area contributed by atoms with Gasteiger partial charge >= 0.3 is 5.97 Å². The topological polar surface area (TPSA) is 57.0 Å². The molecule has 0 saturated heterocycles. The SMILES string of the molecule is Cc1ccc(C(=O)Oc2nc(-c3ccc(-n4ccnc4)cc3)cs2)cc1. The third-order valence-electron chi connectivity index (χ3n) is 3.92. The van der Waals surface area contributed by atoms with Crippen molar-refractivity contribution in [2.24, 2.45) is 0 Å². The third kappa shape index (κ3) is 3.41. The van der Waals surface area contributed by atoms with E-state index in [9.17, 15) is 4.79 Å². The monoisotopic (exact) mass is 361 g/mol. The molecule has 2 aromatic carbocycles. The lowest BCUT2D eigenvalue weighted by molar-refractivity contribution is 0.0734. The van der Waals surface area contributed by atoms with Crippen LogP contribution in [-0.4, -0.2) is 20.5 Å². The van der Waals surface area contributed by atoms with E-state index in [0.717, 1.165) is 22.5 Å². The fraction of sp³-hybridized carbons (Fsp3) is 0.0500. The summed E-state index contributed by atoms with van der Waals surface area (Å²) in [5.41, 5.74) is 4.36. The van der Waals surface area contributed by atoms with E-state index in [1.165, 1.54) is 11.3 Å². The molecule has 0 radical (unpaired) electrons. The Hall–Kier alpha value is -3.25. The fourth-order valence-electron chi connectivity index (χ4n) is 2.48. The maximum absolute atomic E-state index is 12.2. The van der Waals surface area contributed by atoms with E-state index in [4.69, 9.17) is 4.74 Å². The number of thiazole rings is 1. The van der Waals surface area contributed by atoms with Crippen molar-refractivity contribution in [2.45, 2.75) is 6.92 Å². The van der Waals surface area contributed by atoms with Crippen LogP contribution in [0, 0.1) is 6.92 Å². The Kier molecular flexibility index (Phi) is 4.33. The van der Waals surface area contributed by atoms with E-state index >= 15 is 0 Å². The van der Waals surface area contributed by atoms with Crippen LogP contribution in [-0.2, 0) is 0 Å². The third-order valence-corrected chi connectivity index (χ3v) is 4.63. The number of aryl methyl sites for hydroxylation is 1. The van der Waals surface area contributed by atoms with E-state index in [0.29, 0.717) is 10.8 Å². The number of imidazole rings is 1. The summed E-state index contributed by atoms with van der Waals surface area (Å²) in [6, 6.07) is 15.2. The number of nitrogens with zero attached hydrogens (tertiary/aromatic N) is 3. The zero-order chi connectivity index (χ0) is 17.9. The van der Waals surface area contributed by atoms with Gasteiger partial charge in [-0.3, -0.25) is 0 Å². The lowest BCUT2D eigenvalue weighted by atomic mass is 10.1. The van der Waals surface area contributed by atoms with Crippen molar-refractivity contribution in [3.63, 3.8) is 0 Å². The second-order valence-corrected chi connectivity index (χ2v) is 6.59. The van der Waals surface area contributed by atoms with Crippen LogP contribution in [0.3, 0.4) is 0 Å². The lowest BCUT2D eigenvalue weighted by Gasteiger charge is -2.03. The quantitative estimate of drug-likeness (QED) is 0.501. The number of carbonyl (C=O) groups excluding carboxylic acids is 1. The highest BCUT2D eigenvalue weighted by atomic mass is 32.1. The number of carbonyl (C=O) groups is 1. The van der Waals surface area contributed by atoms with Gasteiger partial charge in [-0.1, -0.05) is 41.2 Å². The Bertz CT molecular complexity index is 1020. The zero-order valence-electron chi connectivity index (χ0n) is 14.0. The molecule has 0 spiro atoms. The first-order valence-electron chi connectivity index (χ1n) is 8.02. The van der Waals surface area contributed by atoms with Crippen LogP contribution in [0.4, 0.5) is 0 Å². The Morgan fingerprint density at radius 3 is 2.54 bits per heavy atom. The van der Waals surface area contributed by atoms with E-state index in [-0.39, 0.29) is 0 Å². The molecule has 2 aromatic heterocycles. The Balaban J connectivity index is 1.49. The minimum Gasteiger partial charge on any atom is -0.394 e. The van der Waals surface area contributed by atoms with Gasteiger partial charge in [-0.2, -0.15) is 0 Å². The molecular weight excluding hydrogens is 346 g/mol. The Morgan fingerprint density at radius 2 is 1.85 bits per heavy atom. The van der Waals surface area contributed by atoms with Crippen molar-refractivity contribution < 1.29 is 9.53 Å². The number of esters is 1. The molecule has 0 aliphatic rings. The van der Waals surface area contributed by atoms with Gasteiger partial charge in [0, 0.05) is 29.0 Å². The lowest BCUT2D eigenvalue weighted by Crippen LogP contribution is -2.08. The van der Waals surface area contributed by atoms with Gasteiger partial charge in [-0.15, -0.1) is 0 Å². The number of rotatable bonds is 4. The first-order chi connectivity index (χ1) is 12.7. The predicted molar refractivity (Wildman–Crippen MR) is 101 cm³/mol. The zero-order valence-corrected chi connectivity index (χ0v) is 14.8. The van der Waals surface area contributed by atoms with Crippen LogP contribution in [0.15, 0.2) is 72.6 Å². The van der Waals surface area contributed by atoms with Crippen molar-refractivity contribution in [3.05, 3.63) is 83.8 Å². The molecule has 5 nitrogen and oxygen atoms in total. The maximum Gasteiger partial charge on any atom is 0.345 e. The van der Waals surface area contributed by atoms with E-state index in [2.05, 4.69) is 9.97 Å². The molecule has 0 bridgehead atoms. The fourth-order valence-corrected chi connectivity index (χ4v) is 3.16. The van der Waals surface area contributed by atoms with Gasteiger partial charge in [-0.25, -0.2) is 14.8 Å². The van der Waals surface area contributed by atoms with Gasteiger partial charge in [0.05, 0.1) is 17.6 Å². The van der Waals surface area contributed by atoms with Gasteiger partial charge in [0.1, 0.15) is 0 Å². The summed E-state index contributed by atoms with van der Waals surface area (Å²) >= 11 is 1.30. The van der Waals surface area contributed by atoms with E-state index in [1.807, 2.05) is 59.5 Å². The maximum atomic E-state index is 12.2. The molecule has 0 unspecified atom stereocenters. The summed E-state index contributed by atoms with van der Waals surface area (Å²) in [5, 5.41) is 2.22. The van der Waals surface area contributed by atoms with Gasteiger partial charge in [0.2, 0.25) is 0 Å². The molecular formula is C20H15N3O2S. The van der Waals surface area contributed by atoms with Gasteiger partial charge < -0.3 is 9.30 Å². The average molecular weight is 361 g/mol. The molecule has 0 fully saturated rings. The first-order valence-corrected chi connectivity index (χ1v) is 8.90. The summed E-state index contributed by atoms with van der Waals surface area (Å²) in [7, 11) is 0.